The Hall–Kier alpha value is -1.05. The molecule has 0 saturated carbocycles. The number of hydrogen-bond acceptors (Lipinski definition) is 3. The van der Waals surface area contributed by atoms with Crippen LogP contribution in [0, 0.1) is 11.3 Å². The lowest BCUT2D eigenvalue weighted by atomic mass is 10.2. The number of nitrogens with zero attached hydrogens (tertiary/aromatic N) is 2. The highest BCUT2D eigenvalue weighted by molar-refractivity contribution is 8.22. The van der Waals surface area contributed by atoms with Gasteiger partial charge in [0.1, 0.15) is 4.32 Å². The molecular weight excluding hydrogens is 236 g/mol. The molecule has 0 aromatic heterocycles. The van der Waals surface area contributed by atoms with Crippen molar-refractivity contribution in [2.24, 2.45) is 0 Å². The Bertz CT molecular complexity index is 370. The van der Waals surface area contributed by atoms with E-state index < -0.39 is 0 Å². The monoisotopic (exact) mass is 250 g/mol. The number of hydrogen-bond donors (Lipinski definition) is 0. The summed E-state index contributed by atoms with van der Waals surface area (Å²) >= 11 is 6.90. The summed E-state index contributed by atoms with van der Waals surface area (Å²) in [7, 11) is 1.93. The normalized spacial score (nSPS) is 9.50. The van der Waals surface area contributed by atoms with Crippen molar-refractivity contribution in [3.8, 4) is 6.07 Å². The number of nitriles is 1. The predicted molar refractivity (Wildman–Crippen MR) is 73.2 cm³/mol. The van der Waals surface area contributed by atoms with Crippen LogP contribution in [0.15, 0.2) is 30.3 Å². The van der Waals surface area contributed by atoms with E-state index in [1.807, 2.05) is 30.1 Å². The van der Waals surface area contributed by atoms with Crippen molar-refractivity contribution in [2.45, 2.75) is 12.2 Å². The molecule has 1 aromatic rings. The molecule has 1 aromatic carbocycles. The summed E-state index contributed by atoms with van der Waals surface area (Å²) in [6, 6.07) is 12.4. The maximum absolute atomic E-state index is 8.48. The summed E-state index contributed by atoms with van der Waals surface area (Å²) in [4.78, 5) is 1.95. The van der Waals surface area contributed by atoms with Gasteiger partial charge in [0.05, 0.1) is 12.5 Å². The maximum Gasteiger partial charge on any atom is 0.136 e. The highest BCUT2D eigenvalue weighted by atomic mass is 32.2. The molecule has 2 nitrogen and oxygen atoms in total. The smallest absolute Gasteiger partial charge is 0.136 e. The van der Waals surface area contributed by atoms with E-state index in [4.69, 9.17) is 17.5 Å². The molecule has 0 heterocycles. The second-order valence-corrected chi connectivity index (χ2v) is 4.98. The number of thiocarbonyl (C=S) groups is 1. The van der Waals surface area contributed by atoms with Gasteiger partial charge in [-0.25, -0.2) is 0 Å². The fourth-order valence-corrected chi connectivity index (χ4v) is 2.20. The Morgan fingerprint density at radius 3 is 2.75 bits per heavy atom. The van der Waals surface area contributed by atoms with Gasteiger partial charge in [-0.3, -0.25) is 0 Å². The molecule has 0 aliphatic heterocycles. The highest BCUT2D eigenvalue weighted by Crippen LogP contribution is 2.15. The molecule has 0 aliphatic rings. The fourth-order valence-electron chi connectivity index (χ4n) is 1.14. The van der Waals surface area contributed by atoms with Crippen molar-refractivity contribution < 1.29 is 0 Å². The summed E-state index contributed by atoms with van der Waals surface area (Å²) < 4.78 is 0.846. The van der Waals surface area contributed by atoms with Crippen molar-refractivity contribution in [3.63, 3.8) is 0 Å². The minimum Gasteiger partial charge on any atom is -0.360 e. The van der Waals surface area contributed by atoms with Crippen LogP contribution >= 0.6 is 24.0 Å². The average molecular weight is 250 g/mol. The minimum atomic E-state index is 0.516. The molecule has 0 spiro atoms. The molecular formula is C12H14N2S2. The van der Waals surface area contributed by atoms with E-state index in [9.17, 15) is 0 Å². The standard InChI is InChI=1S/C12H14N2S2/c1-14(9-5-8-13)12(15)16-10-11-6-3-2-4-7-11/h2-4,6-7H,5,9-10H2,1H3. The topological polar surface area (TPSA) is 27.0 Å². The third-order valence-electron chi connectivity index (χ3n) is 2.08. The van der Waals surface area contributed by atoms with Gasteiger partial charge in [0, 0.05) is 19.3 Å². The van der Waals surface area contributed by atoms with Crippen molar-refractivity contribution in [2.75, 3.05) is 13.6 Å². The third kappa shape index (κ3) is 4.65. The largest absolute Gasteiger partial charge is 0.360 e. The molecule has 0 saturated heterocycles. The second kappa shape index (κ2) is 7.26. The lowest BCUT2D eigenvalue weighted by Crippen LogP contribution is -2.23. The molecule has 0 bridgehead atoms. The van der Waals surface area contributed by atoms with Gasteiger partial charge in [0.15, 0.2) is 0 Å². The fraction of sp³-hybridized carbons (Fsp3) is 0.333. The molecule has 4 heteroatoms. The zero-order valence-electron chi connectivity index (χ0n) is 9.22. The van der Waals surface area contributed by atoms with Gasteiger partial charge in [-0.2, -0.15) is 5.26 Å². The van der Waals surface area contributed by atoms with Crippen molar-refractivity contribution >= 4 is 28.3 Å². The quantitative estimate of drug-likeness (QED) is 0.768. The van der Waals surface area contributed by atoms with Crippen molar-refractivity contribution in [1.29, 1.82) is 5.26 Å². The van der Waals surface area contributed by atoms with Crippen LogP contribution in [0.25, 0.3) is 0 Å². The SMILES string of the molecule is CN(CCC#N)C(=S)SCc1ccccc1. The van der Waals surface area contributed by atoms with Crippen LogP contribution in [-0.4, -0.2) is 22.8 Å². The first-order valence-corrected chi connectivity index (χ1v) is 6.42. The Kier molecular flexibility index (Phi) is 5.91. The Labute approximate surface area is 106 Å². The molecule has 0 amide bonds. The Balaban J connectivity index is 2.33. The molecule has 0 aliphatic carbocycles. The zero-order valence-corrected chi connectivity index (χ0v) is 10.9. The predicted octanol–water partition coefficient (Wildman–Crippen LogP) is 3.05. The van der Waals surface area contributed by atoms with Crippen LogP contribution in [0.4, 0.5) is 0 Å². The first-order chi connectivity index (χ1) is 7.74. The van der Waals surface area contributed by atoms with E-state index in [0.717, 1.165) is 10.1 Å². The van der Waals surface area contributed by atoms with E-state index in [1.54, 1.807) is 11.8 Å². The van der Waals surface area contributed by atoms with Crippen LogP contribution in [0.5, 0.6) is 0 Å². The van der Waals surface area contributed by atoms with Crippen molar-refractivity contribution in [1.82, 2.24) is 4.90 Å². The van der Waals surface area contributed by atoms with E-state index in [0.29, 0.717) is 13.0 Å². The third-order valence-corrected chi connectivity index (χ3v) is 3.78. The molecule has 1 rings (SSSR count). The maximum atomic E-state index is 8.48. The Morgan fingerprint density at radius 2 is 2.12 bits per heavy atom. The summed E-state index contributed by atoms with van der Waals surface area (Å²) in [6.45, 7) is 0.705. The second-order valence-electron chi connectivity index (χ2n) is 3.37. The van der Waals surface area contributed by atoms with E-state index in [-0.39, 0.29) is 0 Å². The minimum absolute atomic E-state index is 0.516. The van der Waals surface area contributed by atoms with Gasteiger partial charge in [-0.1, -0.05) is 54.3 Å². The first-order valence-electron chi connectivity index (χ1n) is 5.03. The van der Waals surface area contributed by atoms with Gasteiger partial charge >= 0.3 is 0 Å². The number of benzene rings is 1. The van der Waals surface area contributed by atoms with Gasteiger partial charge in [0.2, 0.25) is 0 Å². The van der Waals surface area contributed by atoms with Crippen LogP contribution in [0.1, 0.15) is 12.0 Å². The first kappa shape index (κ1) is 13.0. The highest BCUT2D eigenvalue weighted by Gasteiger charge is 2.04. The molecule has 0 fully saturated rings. The molecule has 84 valence electrons. The van der Waals surface area contributed by atoms with E-state index in [1.165, 1.54) is 5.56 Å². The molecule has 0 N–H and O–H groups in total. The Morgan fingerprint density at radius 1 is 1.44 bits per heavy atom. The molecule has 0 atom stereocenters. The van der Waals surface area contributed by atoms with Crippen LogP contribution in [-0.2, 0) is 5.75 Å². The molecule has 0 unspecified atom stereocenters. The summed E-state index contributed by atoms with van der Waals surface area (Å²) in [5.41, 5.74) is 1.27. The molecule has 0 radical (unpaired) electrons. The van der Waals surface area contributed by atoms with Crippen LogP contribution < -0.4 is 0 Å². The van der Waals surface area contributed by atoms with Gasteiger partial charge < -0.3 is 4.90 Å². The number of thioether (sulfide) groups is 1. The summed E-state index contributed by atoms with van der Waals surface area (Å²) in [5, 5.41) is 8.48. The summed E-state index contributed by atoms with van der Waals surface area (Å²) in [6.07, 6.45) is 0.516. The van der Waals surface area contributed by atoms with Crippen LogP contribution in [0.3, 0.4) is 0 Å². The van der Waals surface area contributed by atoms with E-state index >= 15 is 0 Å². The summed E-state index contributed by atoms with van der Waals surface area (Å²) in [5.74, 6) is 0.885. The molecule has 16 heavy (non-hydrogen) atoms. The van der Waals surface area contributed by atoms with Gasteiger partial charge in [-0.15, -0.1) is 0 Å². The van der Waals surface area contributed by atoms with Crippen molar-refractivity contribution in [3.05, 3.63) is 35.9 Å². The van der Waals surface area contributed by atoms with E-state index in [2.05, 4.69) is 18.2 Å². The van der Waals surface area contributed by atoms with Crippen LogP contribution in [0.2, 0.25) is 0 Å². The number of rotatable bonds is 4. The van der Waals surface area contributed by atoms with Gasteiger partial charge in [-0.05, 0) is 5.56 Å². The van der Waals surface area contributed by atoms with Gasteiger partial charge in [0.25, 0.3) is 0 Å². The lowest BCUT2D eigenvalue weighted by molar-refractivity contribution is 0.534. The lowest BCUT2D eigenvalue weighted by Gasteiger charge is -2.17. The average Bonchev–Trinajstić information content (AvgIpc) is 2.34. The zero-order chi connectivity index (χ0) is 11.8.